The molecule has 14 heavy (non-hydrogen) atoms. The van der Waals surface area contributed by atoms with Crippen LogP contribution < -0.4 is 5.56 Å². The van der Waals surface area contributed by atoms with Crippen molar-refractivity contribution in [2.45, 2.75) is 18.7 Å². The molecule has 0 spiro atoms. The van der Waals surface area contributed by atoms with E-state index in [1.165, 1.54) is 16.7 Å². The van der Waals surface area contributed by atoms with E-state index in [-0.39, 0.29) is 16.2 Å². The quantitative estimate of drug-likeness (QED) is 0.721. The van der Waals surface area contributed by atoms with Gasteiger partial charge in [0.25, 0.3) is 5.56 Å². The predicted molar refractivity (Wildman–Crippen MR) is 54.1 cm³/mol. The van der Waals surface area contributed by atoms with E-state index in [1.807, 2.05) is 0 Å². The molecule has 1 heterocycles. The fourth-order valence-corrected chi connectivity index (χ4v) is 2.37. The van der Waals surface area contributed by atoms with Gasteiger partial charge in [0, 0.05) is 18.8 Å². The van der Waals surface area contributed by atoms with Crippen LogP contribution in [0.2, 0.25) is 0 Å². The van der Waals surface area contributed by atoms with Crippen molar-refractivity contribution < 1.29 is 8.42 Å². The highest BCUT2D eigenvalue weighted by Gasteiger charge is 2.15. The van der Waals surface area contributed by atoms with Crippen LogP contribution in [0.25, 0.3) is 0 Å². The third-order valence-corrected chi connectivity index (χ3v) is 4.14. The van der Waals surface area contributed by atoms with Crippen LogP contribution in [0.15, 0.2) is 21.8 Å². The highest BCUT2D eigenvalue weighted by molar-refractivity contribution is 7.91. The van der Waals surface area contributed by atoms with Gasteiger partial charge in [0.15, 0.2) is 9.84 Å². The number of rotatable bonds is 2. The van der Waals surface area contributed by atoms with Gasteiger partial charge in [0.1, 0.15) is 0 Å². The van der Waals surface area contributed by atoms with Crippen molar-refractivity contribution in [3.63, 3.8) is 0 Å². The summed E-state index contributed by atoms with van der Waals surface area (Å²) in [6.45, 7) is 3.21. The van der Waals surface area contributed by atoms with Crippen molar-refractivity contribution in [2.75, 3.05) is 5.75 Å². The van der Waals surface area contributed by atoms with E-state index in [1.54, 1.807) is 20.9 Å². The molecule has 0 saturated carbocycles. The highest BCUT2D eigenvalue weighted by atomic mass is 32.2. The summed E-state index contributed by atoms with van der Waals surface area (Å²) in [5.41, 5.74) is 0.289. The van der Waals surface area contributed by atoms with Gasteiger partial charge in [-0.15, -0.1) is 0 Å². The molecule has 5 heteroatoms. The molecular formula is C9H13NO3S. The molecule has 0 fully saturated rings. The predicted octanol–water partition coefficient (Wildman–Crippen LogP) is 0.487. The fourth-order valence-electron chi connectivity index (χ4n) is 1.19. The minimum atomic E-state index is -3.23. The standard InChI is InChI=1S/C9H13NO3S/c1-4-14(12,13)8-5-6-9(11)10(3)7(8)2/h5-6H,4H2,1-3H3. The number of hydrogen-bond donors (Lipinski definition) is 0. The van der Waals surface area contributed by atoms with Crippen molar-refractivity contribution in [1.29, 1.82) is 0 Å². The first kappa shape index (κ1) is 11.0. The zero-order valence-corrected chi connectivity index (χ0v) is 9.26. The van der Waals surface area contributed by atoms with Crippen LogP contribution in [-0.2, 0) is 16.9 Å². The van der Waals surface area contributed by atoms with E-state index in [9.17, 15) is 13.2 Å². The monoisotopic (exact) mass is 215 g/mol. The Morgan fingerprint density at radius 2 is 1.93 bits per heavy atom. The molecule has 0 saturated heterocycles. The maximum Gasteiger partial charge on any atom is 0.250 e. The van der Waals surface area contributed by atoms with Crippen LogP contribution in [-0.4, -0.2) is 18.7 Å². The first-order chi connectivity index (χ1) is 6.40. The first-order valence-electron chi connectivity index (χ1n) is 4.29. The van der Waals surface area contributed by atoms with E-state index in [0.717, 1.165) is 0 Å². The van der Waals surface area contributed by atoms with Gasteiger partial charge in [0.05, 0.1) is 10.6 Å². The molecule has 1 aromatic heterocycles. The summed E-state index contributed by atoms with van der Waals surface area (Å²) in [5.74, 6) is 0.0477. The molecule has 0 atom stereocenters. The molecule has 0 aliphatic heterocycles. The number of hydrogen-bond acceptors (Lipinski definition) is 3. The van der Waals surface area contributed by atoms with Gasteiger partial charge in [-0.1, -0.05) is 6.92 Å². The fraction of sp³-hybridized carbons (Fsp3) is 0.444. The second kappa shape index (κ2) is 3.57. The van der Waals surface area contributed by atoms with E-state index < -0.39 is 9.84 Å². The van der Waals surface area contributed by atoms with E-state index in [4.69, 9.17) is 0 Å². The normalized spacial score (nSPS) is 11.6. The van der Waals surface area contributed by atoms with Gasteiger partial charge in [-0.2, -0.15) is 0 Å². The first-order valence-corrected chi connectivity index (χ1v) is 5.94. The zero-order valence-electron chi connectivity index (χ0n) is 8.44. The zero-order chi connectivity index (χ0) is 10.9. The molecule has 0 aromatic carbocycles. The summed E-state index contributed by atoms with van der Waals surface area (Å²) in [6.07, 6.45) is 0. The summed E-state index contributed by atoms with van der Waals surface area (Å²) in [6, 6.07) is 2.64. The Labute approximate surface area is 83.1 Å². The van der Waals surface area contributed by atoms with E-state index in [2.05, 4.69) is 0 Å². The molecule has 0 amide bonds. The lowest BCUT2D eigenvalue weighted by Crippen LogP contribution is -2.21. The Bertz CT molecular complexity index is 499. The van der Waals surface area contributed by atoms with Crippen LogP contribution in [0.4, 0.5) is 0 Å². The maximum absolute atomic E-state index is 11.6. The van der Waals surface area contributed by atoms with Gasteiger partial charge >= 0.3 is 0 Å². The molecular weight excluding hydrogens is 202 g/mol. The van der Waals surface area contributed by atoms with Crippen molar-refractivity contribution in [3.8, 4) is 0 Å². The summed E-state index contributed by atoms with van der Waals surface area (Å²) in [7, 11) is -1.67. The number of pyridine rings is 1. The molecule has 0 N–H and O–H groups in total. The maximum atomic E-state index is 11.6. The molecule has 0 radical (unpaired) electrons. The van der Waals surface area contributed by atoms with Crippen molar-refractivity contribution in [2.24, 2.45) is 7.05 Å². The second-order valence-electron chi connectivity index (χ2n) is 3.08. The van der Waals surface area contributed by atoms with Gasteiger partial charge in [-0.25, -0.2) is 8.42 Å². The highest BCUT2D eigenvalue weighted by Crippen LogP contribution is 2.13. The smallest absolute Gasteiger partial charge is 0.250 e. The lowest BCUT2D eigenvalue weighted by molar-refractivity contribution is 0.594. The van der Waals surface area contributed by atoms with Crippen LogP contribution in [0.1, 0.15) is 12.6 Å². The minimum Gasteiger partial charge on any atom is -0.315 e. The van der Waals surface area contributed by atoms with E-state index in [0.29, 0.717) is 5.69 Å². The Balaban J connectivity index is 3.55. The molecule has 0 aliphatic carbocycles. The molecule has 0 unspecified atom stereocenters. The van der Waals surface area contributed by atoms with Crippen LogP contribution in [0.5, 0.6) is 0 Å². The minimum absolute atomic E-state index is 0.0477. The molecule has 0 aliphatic rings. The third-order valence-electron chi connectivity index (χ3n) is 2.28. The lowest BCUT2D eigenvalue weighted by Gasteiger charge is -2.08. The van der Waals surface area contributed by atoms with E-state index >= 15 is 0 Å². The Kier molecular flexibility index (Phi) is 2.80. The van der Waals surface area contributed by atoms with Gasteiger partial charge in [-0.3, -0.25) is 4.79 Å². The topological polar surface area (TPSA) is 56.1 Å². The van der Waals surface area contributed by atoms with Crippen LogP contribution in [0.3, 0.4) is 0 Å². The van der Waals surface area contributed by atoms with Crippen molar-refractivity contribution in [1.82, 2.24) is 4.57 Å². The Morgan fingerprint density at radius 3 is 2.43 bits per heavy atom. The summed E-state index contributed by atoms with van der Waals surface area (Å²) < 4.78 is 24.5. The molecule has 78 valence electrons. The summed E-state index contributed by atoms with van der Waals surface area (Å²) >= 11 is 0. The van der Waals surface area contributed by atoms with Gasteiger partial charge < -0.3 is 4.57 Å². The molecule has 0 bridgehead atoms. The average Bonchev–Trinajstić information content (AvgIpc) is 2.14. The van der Waals surface area contributed by atoms with Gasteiger partial charge in [-0.05, 0) is 13.0 Å². The summed E-state index contributed by atoms with van der Waals surface area (Å²) in [4.78, 5) is 11.4. The van der Waals surface area contributed by atoms with Crippen LogP contribution >= 0.6 is 0 Å². The number of nitrogens with zero attached hydrogens (tertiary/aromatic N) is 1. The summed E-state index contributed by atoms with van der Waals surface area (Å²) in [5, 5.41) is 0. The SMILES string of the molecule is CCS(=O)(=O)c1ccc(=O)n(C)c1C. The molecule has 4 nitrogen and oxygen atoms in total. The van der Waals surface area contributed by atoms with Crippen molar-refractivity contribution >= 4 is 9.84 Å². The number of aromatic nitrogens is 1. The number of sulfone groups is 1. The second-order valence-corrected chi connectivity index (χ2v) is 5.33. The van der Waals surface area contributed by atoms with Crippen LogP contribution in [0, 0.1) is 6.92 Å². The molecule has 1 aromatic rings. The lowest BCUT2D eigenvalue weighted by atomic mass is 10.4. The van der Waals surface area contributed by atoms with Crippen molar-refractivity contribution in [3.05, 3.63) is 28.2 Å². The Morgan fingerprint density at radius 1 is 1.36 bits per heavy atom. The third kappa shape index (κ3) is 1.72. The largest absolute Gasteiger partial charge is 0.315 e. The average molecular weight is 215 g/mol. The molecule has 1 rings (SSSR count). The van der Waals surface area contributed by atoms with Gasteiger partial charge in [0.2, 0.25) is 0 Å². The Hall–Kier alpha value is -1.10.